The van der Waals surface area contributed by atoms with Gasteiger partial charge in [0.05, 0.1) is 0 Å². The van der Waals surface area contributed by atoms with Gasteiger partial charge in [0.15, 0.2) is 0 Å². The zero-order valence-electron chi connectivity index (χ0n) is 10.2. The van der Waals surface area contributed by atoms with Crippen LogP contribution in [-0.2, 0) is 6.42 Å². The summed E-state index contributed by atoms with van der Waals surface area (Å²) < 4.78 is 0. The minimum atomic E-state index is 0.160. The summed E-state index contributed by atoms with van der Waals surface area (Å²) in [6.45, 7) is 2.77. The van der Waals surface area contributed by atoms with Gasteiger partial charge in [0.1, 0.15) is 5.82 Å². The molecule has 6 heteroatoms. The Morgan fingerprint density at radius 1 is 1.11 bits per heavy atom. The number of nitrogens with two attached hydrogens (primary N) is 2. The highest BCUT2D eigenvalue weighted by Gasteiger charge is 2.01. The lowest BCUT2D eigenvalue weighted by atomic mass is 10.2. The number of aryl methyl sites for hydroxylation is 1. The summed E-state index contributed by atoms with van der Waals surface area (Å²) in [6, 6.07) is 8.16. The molecule has 1 aromatic heterocycles. The Bertz CT molecular complexity index is 520. The Balaban J connectivity index is 1.92. The molecule has 94 valence electrons. The third-order valence-electron chi connectivity index (χ3n) is 2.41. The summed E-state index contributed by atoms with van der Waals surface area (Å²) in [5.74, 6) is 0.918. The van der Waals surface area contributed by atoms with Crippen LogP contribution in [0.5, 0.6) is 0 Å². The molecule has 0 aliphatic rings. The molecule has 0 radical (unpaired) electrons. The van der Waals surface area contributed by atoms with E-state index in [4.69, 9.17) is 11.5 Å². The number of anilines is 3. The number of rotatable bonds is 4. The maximum atomic E-state index is 5.50. The lowest BCUT2D eigenvalue weighted by Crippen LogP contribution is -2.11. The minimum absolute atomic E-state index is 0.160. The molecule has 0 spiro atoms. The first-order valence-electron chi connectivity index (χ1n) is 5.70. The zero-order valence-corrected chi connectivity index (χ0v) is 10.2. The largest absolute Gasteiger partial charge is 0.385 e. The quantitative estimate of drug-likeness (QED) is 0.741. The molecule has 0 saturated heterocycles. The summed E-state index contributed by atoms with van der Waals surface area (Å²) in [7, 11) is 0. The van der Waals surface area contributed by atoms with E-state index in [2.05, 4.69) is 39.3 Å². The van der Waals surface area contributed by atoms with Crippen molar-refractivity contribution in [3.8, 4) is 0 Å². The fourth-order valence-corrected chi connectivity index (χ4v) is 1.64. The monoisotopic (exact) mass is 244 g/mol. The van der Waals surface area contributed by atoms with Gasteiger partial charge in [0.25, 0.3) is 0 Å². The molecule has 0 amide bonds. The van der Waals surface area contributed by atoms with Crippen molar-refractivity contribution in [3.05, 3.63) is 35.7 Å². The van der Waals surface area contributed by atoms with Crippen LogP contribution in [0.25, 0.3) is 0 Å². The van der Waals surface area contributed by atoms with Crippen molar-refractivity contribution < 1.29 is 0 Å². The molecule has 0 fully saturated rings. The van der Waals surface area contributed by atoms with Gasteiger partial charge in [-0.05, 0) is 24.6 Å². The Hall–Kier alpha value is -2.37. The summed E-state index contributed by atoms with van der Waals surface area (Å²) in [6.07, 6.45) is 0.644. The van der Waals surface area contributed by atoms with Crippen molar-refractivity contribution in [2.24, 2.45) is 0 Å². The third kappa shape index (κ3) is 3.31. The van der Waals surface area contributed by atoms with E-state index >= 15 is 0 Å². The first-order valence-corrected chi connectivity index (χ1v) is 5.70. The lowest BCUT2D eigenvalue weighted by Gasteiger charge is -2.06. The number of hydrogen-bond acceptors (Lipinski definition) is 6. The van der Waals surface area contributed by atoms with Crippen molar-refractivity contribution in [1.82, 2.24) is 15.0 Å². The van der Waals surface area contributed by atoms with Crippen molar-refractivity contribution >= 4 is 17.6 Å². The van der Waals surface area contributed by atoms with Crippen LogP contribution in [0.4, 0.5) is 17.6 Å². The van der Waals surface area contributed by atoms with Gasteiger partial charge in [-0.15, -0.1) is 0 Å². The van der Waals surface area contributed by atoms with Crippen LogP contribution >= 0.6 is 0 Å². The van der Waals surface area contributed by atoms with E-state index in [0.29, 0.717) is 18.8 Å². The molecule has 6 nitrogen and oxygen atoms in total. The van der Waals surface area contributed by atoms with Crippen LogP contribution in [0.1, 0.15) is 11.4 Å². The van der Waals surface area contributed by atoms with Gasteiger partial charge in [0, 0.05) is 18.7 Å². The molecule has 0 unspecified atom stereocenters. The molecule has 0 saturated carbocycles. The summed E-state index contributed by atoms with van der Waals surface area (Å²) >= 11 is 0. The fourth-order valence-electron chi connectivity index (χ4n) is 1.64. The van der Waals surface area contributed by atoms with Crippen molar-refractivity contribution in [1.29, 1.82) is 0 Å². The average Bonchev–Trinajstić information content (AvgIpc) is 2.27. The van der Waals surface area contributed by atoms with Gasteiger partial charge >= 0.3 is 0 Å². The Morgan fingerprint density at radius 3 is 2.50 bits per heavy atom. The van der Waals surface area contributed by atoms with Crippen LogP contribution in [0, 0.1) is 6.92 Å². The minimum Gasteiger partial charge on any atom is -0.385 e. The molecule has 0 atom stereocenters. The number of nitrogen functional groups attached to an aromatic ring is 2. The highest BCUT2D eigenvalue weighted by Crippen LogP contribution is 2.09. The number of hydrogen-bond donors (Lipinski definition) is 3. The second kappa shape index (κ2) is 5.31. The van der Waals surface area contributed by atoms with Gasteiger partial charge in [0.2, 0.25) is 11.9 Å². The van der Waals surface area contributed by atoms with Gasteiger partial charge in [-0.1, -0.05) is 12.1 Å². The Morgan fingerprint density at radius 2 is 1.83 bits per heavy atom. The van der Waals surface area contributed by atoms with Crippen molar-refractivity contribution in [3.63, 3.8) is 0 Å². The normalized spacial score (nSPS) is 10.3. The van der Waals surface area contributed by atoms with E-state index in [0.717, 1.165) is 5.69 Å². The van der Waals surface area contributed by atoms with Crippen LogP contribution in [-0.4, -0.2) is 21.5 Å². The molecule has 1 heterocycles. The number of nitrogens with zero attached hydrogens (tertiary/aromatic N) is 3. The van der Waals surface area contributed by atoms with E-state index in [1.165, 1.54) is 5.56 Å². The molecular formula is C12H16N6. The Kier molecular flexibility index (Phi) is 3.57. The van der Waals surface area contributed by atoms with Crippen LogP contribution in [0.2, 0.25) is 0 Å². The average molecular weight is 244 g/mol. The molecule has 0 bridgehead atoms. The fraction of sp³-hybridized carbons (Fsp3) is 0.250. The zero-order chi connectivity index (χ0) is 13.0. The van der Waals surface area contributed by atoms with Crippen LogP contribution in [0.15, 0.2) is 24.3 Å². The standard InChI is InChI=1S/C12H16N6/c1-8-3-2-4-9(7-8)15-6-5-10-16-11(13)18-12(14)17-10/h2-4,7,15H,5-6H2,1H3,(H4,13,14,16,17,18). The lowest BCUT2D eigenvalue weighted by molar-refractivity contribution is 0.879. The number of benzene rings is 1. The smallest absolute Gasteiger partial charge is 0.225 e. The SMILES string of the molecule is Cc1cccc(NCCc2nc(N)nc(N)n2)c1. The summed E-state index contributed by atoms with van der Waals surface area (Å²) in [5, 5.41) is 3.29. The topological polar surface area (TPSA) is 103 Å². The number of nitrogens with one attached hydrogen (secondary N) is 1. The molecule has 2 aromatic rings. The van der Waals surface area contributed by atoms with E-state index in [1.807, 2.05) is 12.1 Å². The van der Waals surface area contributed by atoms with Crippen molar-refractivity contribution in [2.75, 3.05) is 23.3 Å². The third-order valence-corrected chi connectivity index (χ3v) is 2.41. The Labute approximate surface area is 105 Å². The van der Waals surface area contributed by atoms with E-state index in [9.17, 15) is 0 Å². The van der Waals surface area contributed by atoms with Gasteiger partial charge < -0.3 is 16.8 Å². The predicted molar refractivity (Wildman–Crippen MR) is 72.0 cm³/mol. The van der Waals surface area contributed by atoms with E-state index in [-0.39, 0.29) is 11.9 Å². The van der Waals surface area contributed by atoms with E-state index in [1.54, 1.807) is 0 Å². The van der Waals surface area contributed by atoms with Gasteiger partial charge in [-0.25, -0.2) is 0 Å². The maximum absolute atomic E-state index is 5.50. The van der Waals surface area contributed by atoms with Crippen LogP contribution < -0.4 is 16.8 Å². The predicted octanol–water partition coefficient (Wildman–Crippen LogP) is 0.999. The van der Waals surface area contributed by atoms with E-state index < -0.39 is 0 Å². The number of aromatic nitrogens is 3. The molecule has 0 aliphatic heterocycles. The highest BCUT2D eigenvalue weighted by atomic mass is 15.1. The van der Waals surface area contributed by atoms with Gasteiger partial charge in [-0.2, -0.15) is 15.0 Å². The molecule has 2 rings (SSSR count). The summed E-state index contributed by atoms with van der Waals surface area (Å²) in [5.41, 5.74) is 13.3. The molecular weight excluding hydrogens is 228 g/mol. The highest BCUT2D eigenvalue weighted by molar-refractivity contribution is 5.45. The molecule has 0 aliphatic carbocycles. The first-order chi connectivity index (χ1) is 8.63. The second-order valence-electron chi connectivity index (χ2n) is 4.01. The molecule has 5 N–H and O–H groups in total. The first kappa shape index (κ1) is 12.1. The van der Waals surface area contributed by atoms with Crippen molar-refractivity contribution in [2.45, 2.75) is 13.3 Å². The summed E-state index contributed by atoms with van der Waals surface area (Å²) in [4.78, 5) is 11.8. The van der Waals surface area contributed by atoms with Crippen LogP contribution in [0.3, 0.4) is 0 Å². The maximum Gasteiger partial charge on any atom is 0.225 e. The second-order valence-corrected chi connectivity index (χ2v) is 4.01. The molecule has 18 heavy (non-hydrogen) atoms. The van der Waals surface area contributed by atoms with Gasteiger partial charge in [-0.3, -0.25) is 0 Å². The molecule has 1 aromatic carbocycles.